The van der Waals surface area contributed by atoms with Crippen LogP contribution in [0.3, 0.4) is 0 Å². The summed E-state index contributed by atoms with van der Waals surface area (Å²) in [5, 5.41) is 2.05. The third-order valence-electron chi connectivity index (χ3n) is 3.56. The van der Waals surface area contributed by atoms with Gasteiger partial charge in [-0.3, -0.25) is 0 Å². The molecule has 2 rings (SSSR count). The fourth-order valence-electron chi connectivity index (χ4n) is 2.24. The van der Waals surface area contributed by atoms with Crippen LogP contribution in [0.5, 0.6) is 11.5 Å². The van der Waals surface area contributed by atoms with Crippen molar-refractivity contribution in [1.82, 2.24) is 0 Å². The molecule has 0 saturated heterocycles. The summed E-state index contributed by atoms with van der Waals surface area (Å²) in [6, 6.07) is 7.64. The molecule has 0 atom stereocenters. The van der Waals surface area contributed by atoms with Crippen molar-refractivity contribution in [2.75, 3.05) is 46.4 Å². The van der Waals surface area contributed by atoms with Crippen LogP contribution in [0.1, 0.15) is 16.0 Å². The van der Waals surface area contributed by atoms with E-state index in [-0.39, 0.29) is 0 Å². The zero-order chi connectivity index (χ0) is 18.6. The summed E-state index contributed by atoms with van der Waals surface area (Å²) in [7, 11) is 3.28. The van der Waals surface area contributed by atoms with Crippen molar-refractivity contribution in [3.8, 4) is 23.3 Å². The summed E-state index contributed by atoms with van der Waals surface area (Å²) in [5.41, 5.74) is 1.83. The molecular formula is C20H24O4S2. The van der Waals surface area contributed by atoms with Gasteiger partial charge in [-0.2, -0.15) is 12.6 Å². The van der Waals surface area contributed by atoms with Gasteiger partial charge in [0.25, 0.3) is 0 Å². The number of thiol groups is 1. The molecule has 0 radical (unpaired) electrons. The molecular weight excluding hydrogens is 368 g/mol. The minimum absolute atomic E-state index is 0.598. The molecule has 0 saturated carbocycles. The number of ether oxygens (including phenoxy) is 4. The van der Waals surface area contributed by atoms with E-state index in [2.05, 4.69) is 29.8 Å². The molecule has 1 heterocycles. The van der Waals surface area contributed by atoms with Crippen LogP contribution in [0.2, 0.25) is 0 Å². The summed E-state index contributed by atoms with van der Waals surface area (Å²) in [5.74, 6) is 8.66. The predicted molar refractivity (Wildman–Crippen MR) is 109 cm³/mol. The Morgan fingerprint density at radius 1 is 0.923 bits per heavy atom. The molecule has 0 aliphatic carbocycles. The molecule has 6 heteroatoms. The maximum atomic E-state index is 5.61. The predicted octanol–water partition coefficient (Wildman–Crippen LogP) is 3.67. The van der Waals surface area contributed by atoms with Crippen LogP contribution in [0, 0.1) is 11.8 Å². The van der Waals surface area contributed by atoms with Crippen molar-refractivity contribution in [3.63, 3.8) is 0 Å². The van der Waals surface area contributed by atoms with Gasteiger partial charge in [0.1, 0.15) is 11.5 Å². The number of hydrogen-bond donors (Lipinski definition) is 1. The first-order chi connectivity index (χ1) is 12.8. The van der Waals surface area contributed by atoms with Crippen LogP contribution in [-0.4, -0.2) is 46.4 Å². The van der Waals surface area contributed by atoms with Gasteiger partial charge in [-0.05, 0) is 29.6 Å². The molecule has 2 aromatic rings. The molecule has 140 valence electrons. The van der Waals surface area contributed by atoms with E-state index in [0.717, 1.165) is 34.8 Å². The van der Waals surface area contributed by atoms with Crippen molar-refractivity contribution >= 4 is 24.0 Å². The van der Waals surface area contributed by atoms with Gasteiger partial charge < -0.3 is 18.9 Å². The van der Waals surface area contributed by atoms with Crippen molar-refractivity contribution in [2.24, 2.45) is 0 Å². The molecule has 26 heavy (non-hydrogen) atoms. The lowest BCUT2D eigenvalue weighted by Gasteiger charge is -2.05. The van der Waals surface area contributed by atoms with Crippen LogP contribution >= 0.6 is 24.0 Å². The second kappa shape index (κ2) is 11.9. The van der Waals surface area contributed by atoms with E-state index in [1.807, 2.05) is 24.3 Å². The lowest BCUT2D eigenvalue weighted by atomic mass is 10.1. The number of rotatable bonds is 10. The number of benzene rings is 1. The molecule has 0 unspecified atom stereocenters. The van der Waals surface area contributed by atoms with Gasteiger partial charge in [-0.15, -0.1) is 11.3 Å². The second-order valence-corrected chi connectivity index (χ2v) is 6.72. The van der Waals surface area contributed by atoms with E-state index in [4.69, 9.17) is 18.9 Å². The SMILES string of the molecule is COc1ccc(OC)c(C#Cc2ccsc2CCOCCOCCS)c1. The van der Waals surface area contributed by atoms with Gasteiger partial charge in [0.05, 0.1) is 46.2 Å². The second-order valence-electron chi connectivity index (χ2n) is 5.27. The summed E-state index contributed by atoms with van der Waals surface area (Å²) in [6.07, 6.45) is 0.837. The summed E-state index contributed by atoms with van der Waals surface area (Å²) >= 11 is 5.79. The third-order valence-corrected chi connectivity index (χ3v) is 4.73. The van der Waals surface area contributed by atoms with Crippen LogP contribution in [0.4, 0.5) is 0 Å². The minimum Gasteiger partial charge on any atom is -0.497 e. The van der Waals surface area contributed by atoms with E-state index in [1.165, 1.54) is 4.88 Å². The van der Waals surface area contributed by atoms with Crippen molar-refractivity contribution in [2.45, 2.75) is 6.42 Å². The molecule has 0 amide bonds. The highest BCUT2D eigenvalue weighted by molar-refractivity contribution is 7.80. The molecule has 0 aliphatic rings. The summed E-state index contributed by atoms with van der Waals surface area (Å²) < 4.78 is 21.6. The Kier molecular flexibility index (Phi) is 9.43. The number of thiophene rings is 1. The zero-order valence-electron chi connectivity index (χ0n) is 15.1. The Bertz CT molecular complexity index is 731. The van der Waals surface area contributed by atoms with E-state index in [9.17, 15) is 0 Å². The molecule has 0 aliphatic heterocycles. The fraction of sp³-hybridized carbons (Fsp3) is 0.400. The van der Waals surface area contributed by atoms with Gasteiger partial charge >= 0.3 is 0 Å². The summed E-state index contributed by atoms with van der Waals surface area (Å²) in [4.78, 5) is 1.22. The smallest absolute Gasteiger partial charge is 0.134 e. The first-order valence-electron chi connectivity index (χ1n) is 8.35. The van der Waals surface area contributed by atoms with Gasteiger partial charge in [-0.25, -0.2) is 0 Å². The average molecular weight is 393 g/mol. The zero-order valence-corrected chi connectivity index (χ0v) is 16.8. The topological polar surface area (TPSA) is 36.9 Å². The molecule has 1 aromatic carbocycles. The first-order valence-corrected chi connectivity index (χ1v) is 9.86. The first kappa shape index (κ1) is 20.7. The molecule has 0 fully saturated rings. The molecule has 0 N–H and O–H groups in total. The van der Waals surface area contributed by atoms with Crippen LogP contribution in [-0.2, 0) is 15.9 Å². The van der Waals surface area contributed by atoms with Gasteiger partial charge in [-0.1, -0.05) is 11.8 Å². The number of hydrogen-bond acceptors (Lipinski definition) is 6. The Balaban J connectivity index is 1.94. The van der Waals surface area contributed by atoms with Gasteiger partial charge in [0.2, 0.25) is 0 Å². The molecule has 4 nitrogen and oxygen atoms in total. The highest BCUT2D eigenvalue weighted by atomic mass is 32.1. The Morgan fingerprint density at radius 2 is 1.69 bits per heavy atom. The van der Waals surface area contributed by atoms with E-state index >= 15 is 0 Å². The van der Waals surface area contributed by atoms with Crippen LogP contribution in [0.15, 0.2) is 29.6 Å². The normalized spacial score (nSPS) is 10.3. The average Bonchev–Trinajstić information content (AvgIpc) is 3.12. The lowest BCUT2D eigenvalue weighted by Crippen LogP contribution is -2.07. The number of methoxy groups -OCH3 is 2. The molecule has 1 aromatic heterocycles. The van der Waals surface area contributed by atoms with Crippen molar-refractivity contribution in [1.29, 1.82) is 0 Å². The minimum atomic E-state index is 0.598. The van der Waals surface area contributed by atoms with Gasteiger partial charge in [0, 0.05) is 22.6 Å². The van der Waals surface area contributed by atoms with Crippen LogP contribution < -0.4 is 9.47 Å². The van der Waals surface area contributed by atoms with Gasteiger partial charge in [0.15, 0.2) is 0 Å². The third kappa shape index (κ3) is 6.58. The molecule has 0 spiro atoms. The standard InChI is InChI=1S/C20H24O4S2/c1-21-18-5-6-19(22-2)17(15-18)4-3-16-8-14-26-20(16)7-9-23-10-11-24-12-13-25/h5-6,8,14-15,25H,7,9-13H2,1-2H3. The Labute approximate surface area is 164 Å². The fourth-order valence-corrected chi connectivity index (χ4v) is 3.19. The van der Waals surface area contributed by atoms with Crippen molar-refractivity contribution in [3.05, 3.63) is 45.6 Å². The van der Waals surface area contributed by atoms with E-state index < -0.39 is 0 Å². The van der Waals surface area contributed by atoms with E-state index in [0.29, 0.717) is 26.4 Å². The Morgan fingerprint density at radius 3 is 2.42 bits per heavy atom. The van der Waals surface area contributed by atoms with Crippen molar-refractivity contribution < 1.29 is 18.9 Å². The quantitative estimate of drug-likeness (QED) is 0.380. The Hall–Kier alpha value is -1.65. The van der Waals surface area contributed by atoms with E-state index in [1.54, 1.807) is 25.6 Å². The van der Waals surface area contributed by atoms with Crippen LogP contribution in [0.25, 0.3) is 0 Å². The highest BCUT2D eigenvalue weighted by Gasteiger charge is 2.04. The maximum absolute atomic E-state index is 5.61. The monoisotopic (exact) mass is 392 g/mol. The maximum Gasteiger partial charge on any atom is 0.134 e. The highest BCUT2D eigenvalue weighted by Crippen LogP contribution is 2.23. The largest absolute Gasteiger partial charge is 0.497 e. The summed E-state index contributed by atoms with van der Waals surface area (Å²) in [6.45, 7) is 2.52. The molecule has 0 bridgehead atoms. The lowest BCUT2D eigenvalue weighted by molar-refractivity contribution is 0.0553.